The molecule has 6 aliphatic rings. The highest BCUT2D eigenvalue weighted by molar-refractivity contribution is 8.00. The molecule has 3 aromatic rings. The number of urea groups is 1. The molecule has 28 heteroatoms. The zero-order valence-electron chi connectivity index (χ0n) is 43.7. The molecule has 440 valence electrons. The maximum Gasteiger partial charge on any atom is 0.315 e. The van der Waals surface area contributed by atoms with Crippen LogP contribution in [-0.4, -0.2) is 261 Å². The Kier molecular flexibility index (Phi) is 18.6. The van der Waals surface area contributed by atoms with Gasteiger partial charge in [0.15, 0.2) is 12.6 Å². The van der Waals surface area contributed by atoms with E-state index in [2.05, 4.69) is 27.2 Å². The van der Waals surface area contributed by atoms with E-state index >= 15 is 0 Å². The smallest absolute Gasteiger partial charge is 0.315 e. The largest absolute Gasteiger partial charge is 0.391 e. The molecule has 3 amide bonds. The highest BCUT2D eigenvalue weighted by Crippen LogP contribution is 2.41. The highest BCUT2D eigenvalue weighted by Gasteiger charge is 2.64. The standard InChI is InChI=1S/C52H70N6O20S2/c1-56(2)32-9-5-8-30-29(32)7-6-11-36(30)80(72,73)55-28-16-13-27(14-17-28)15-18-33(57-19-21-58(22-20-57)37(61)12-4-3-10-35-38-31(24-79-35)53-50(70)54-38)45-42(65)41(64)43(66)48(76-45)74-23-34-39(62)40(63)44(67)49(75-34)77-52(26-60)47(69)46(68)51(71,25-59)78-52/h5-9,11,13-14,16-17,31,33-35,38-49,55,59-60,62-69,71H,3-4,10,12,19-26H2,1-2H3,(H2,53,54,70)/t31-,33?,34+,35-,38-,39+,40-,41-,42+,43+,44+,45+,46-,47-,48-,49+,51+,52+/m0/s1. The first-order chi connectivity index (χ1) is 38.1. The van der Waals surface area contributed by atoms with Gasteiger partial charge in [0.25, 0.3) is 10.0 Å². The molecular formula is C52H70N6O20S2. The molecule has 80 heavy (non-hydrogen) atoms. The normalized spacial score (nSPS) is 35.9. The Labute approximate surface area is 465 Å². The molecule has 14 N–H and O–H groups in total. The van der Waals surface area contributed by atoms with Crippen LogP contribution in [0.1, 0.15) is 31.2 Å². The molecule has 18 atom stereocenters. The lowest BCUT2D eigenvalue weighted by molar-refractivity contribution is -0.407. The third kappa shape index (κ3) is 12.2. The summed E-state index contributed by atoms with van der Waals surface area (Å²) in [6.07, 6.45) is -20.8. The predicted octanol–water partition coefficient (Wildman–Crippen LogP) is -3.93. The van der Waals surface area contributed by atoms with Gasteiger partial charge in [0.05, 0.1) is 30.2 Å². The van der Waals surface area contributed by atoms with Crippen molar-refractivity contribution in [1.29, 1.82) is 0 Å². The van der Waals surface area contributed by atoms with Crippen LogP contribution in [0.3, 0.4) is 0 Å². The van der Waals surface area contributed by atoms with Crippen LogP contribution in [0.15, 0.2) is 65.6 Å². The number of thioether (sulfide) groups is 1. The van der Waals surface area contributed by atoms with Crippen molar-refractivity contribution in [3.05, 3.63) is 66.2 Å². The molecule has 0 aliphatic carbocycles. The molecular weight excluding hydrogens is 1090 g/mol. The van der Waals surface area contributed by atoms with Crippen molar-refractivity contribution in [2.24, 2.45) is 0 Å². The monoisotopic (exact) mass is 1160 g/mol. The number of benzene rings is 3. The van der Waals surface area contributed by atoms with E-state index in [1.165, 1.54) is 18.2 Å². The van der Waals surface area contributed by atoms with Crippen LogP contribution in [-0.2, 0) is 38.5 Å². The van der Waals surface area contributed by atoms with E-state index in [1.807, 2.05) is 36.0 Å². The Morgan fingerprint density at radius 1 is 0.838 bits per heavy atom. The number of rotatable bonds is 18. The number of carbonyl (C=O) groups excluding carboxylic acids is 2. The molecule has 1 unspecified atom stereocenters. The van der Waals surface area contributed by atoms with E-state index < -0.39 is 121 Å². The number of nitrogens with zero attached hydrogens (tertiary/aromatic N) is 3. The maximum absolute atomic E-state index is 13.8. The molecule has 6 heterocycles. The molecule has 26 nitrogen and oxygen atoms in total. The van der Waals surface area contributed by atoms with E-state index in [1.54, 1.807) is 47.0 Å². The van der Waals surface area contributed by atoms with Crippen LogP contribution < -0.4 is 20.3 Å². The topological polar surface area (TPSA) is 383 Å². The van der Waals surface area contributed by atoms with Gasteiger partial charge in [-0.15, -0.1) is 0 Å². The Balaban J connectivity index is 0.902. The molecule has 6 saturated heterocycles. The third-order valence-corrected chi connectivity index (χ3v) is 18.5. The van der Waals surface area contributed by atoms with Gasteiger partial charge in [-0.05, 0) is 49.2 Å². The molecule has 6 aliphatic heterocycles. The second kappa shape index (κ2) is 24.7. The molecule has 0 bridgehead atoms. The van der Waals surface area contributed by atoms with Crippen molar-refractivity contribution >= 4 is 55.9 Å². The average Bonchev–Trinajstić information content (AvgIpc) is 4.23. The first-order valence-electron chi connectivity index (χ1n) is 26.3. The number of aliphatic hydroxyl groups excluding tert-OH is 10. The number of ether oxygens (including phenoxy) is 5. The van der Waals surface area contributed by atoms with E-state index in [-0.39, 0.29) is 66.0 Å². The van der Waals surface area contributed by atoms with Gasteiger partial charge in [-0.25, -0.2) is 13.2 Å². The summed E-state index contributed by atoms with van der Waals surface area (Å²) >= 11 is 1.80. The molecule has 0 saturated carbocycles. The quantitative estimate of drug-likeness (QED) is 0.0329. The lowest BCUT2D eigenvalue weighted by Crippen LogP contribution is -2.66. The fraction of sp³-hybridized carbons (Fsp3) is 0.615. The number of unbranched alkanes of at least 4 members (excludes halogenated alkanes) is 1. The molecule has 9 rings (SSSR count). The SMILES string of the molecule is CN(C)c1cccc2c(S(=O)(=O)Nc3ccc(C#CC([C@H]4O[C@H](OC[C@H]5O[C@H](O[C@]6(CO)O[C@](O)(CO)[C@@H](O)[C@@H]6O)[C@H](O)[C@@H](O)[C@@H]5O)[C@H](O)[C@@H](O)[C@H]4O)N4CCN(C(=O)CCCC[C@@H]5SC[C@@H]6NC(=O)N[C@@H]65)CC4)cc3)cccc12. The number of anilines is 2. The Morgan fingerprint density at radius 3 is 2.21 bits per heavy atom. The molecule has 0 spiro atoms. The predicted molar refractivity (Wildman–Crippen MR) is 284 cm³/mol. The van der Waals surface area contributed by atoms with Crippen molar-refractivity contribution in [1.82, 2.24) is 20.4 Å². The van der Waals surface area contributed by atoms with Crippen molar-refractivity contribution in [3.8, 4) is 11.8 Å². The van der Waals surface area contributed by atoms with Gasteiger partial charge in [-0.2, -0.15) is 11.8 Å². The summed E-state index contributed by atoms with van der Waals surface area (Å²) in [5.74, 6) is 1.37. The van der Waals surface area contributed by atoms with Gasteiger partial charge in [-0.3, -0.25) is 14.4 Å². The zero-order valence-corrected chi connectivity index (χ0v) is 45.4. The number of aliphatic hydroxyl groups is 11. The number of piperazine rings is 1. The van der Waals surface area contributed by atoms with Crippen molar-refractivity contribution < 1.29 is 97.9 Å². The van der Waals surface area contributed by atoms with Crippen molar-refractivity contribution in [3.63, 3.8) is 0 Å². The van der Waals surface area contributed by atoms with Crippen molar-refractivity contribution in [2.75, 3.05) is 75.5 Å². The van der Waals surface area contributed by atoms with Gasteiger partial charge in [0.1, 0.15) is 73.7 Å². The van der Waals surface area contributed by atoms with Gasteiger partial charge >= 0.3 is 6.03 Å². The summed E-state index contributed by atoms with van der Waals surface area (Å²) < 4.78 is 58.7. The second-order valence-corrected chi connectivity index (χ2v) is 24.0. The second-order valence-electron chi connectivity index (χ2n) is 21.1. The zero-order chi connectivity index (χ0) is 57.4. The number of amides is 3. The van der Waals surface area contributed by atoms with Gasteiger partial charge in [-0.1, -0.05) is 42.5 Å². The minimum atomic E-state index is -4.09. The fourth-order valence-electron chi connectivity index (χ4n) is 11.0. The Bertz CT molecular complexity index is 2840. The number of sulfonamides is 1. The van der Waals surface area contributed by atoms with Crippen LogP contribution in [0.5, 0.6) is 0 Å². The minimum Gasteiger partial charge on any atom is -0.391 e. The highest BCUT2D eigenvalue weighted by atomic mass is 32.2. The summed E-state index contributed by atoms with van der Waals surface area (Å²) in [7, 11) is -0.359. The Hall–Kier alpha value is -4.56. The molecule has 3 aromatic carbocycles. The van der Waals surface area contributed by atoms with E-state index in [9.17, 15) is 74.2 Å². The molecule has 6 fully saturated rings. The minimum absolute atomic E-state index is 0.0596. The maximum atomic E-state index is 13.8. The van der Waals surface area contributed by atoms with E-state index in [0.29, 0.717) is 23.8 Å². The number of nitrogens with one attached hydrogen (secondary N) is 3. The third-order valence-electron chi connectivity index (χ3n) is 15.6. The first-order valence-corrected chi connectivity index (χ1v) is 28.8. The average molecular weight is 1160 g/mol. The molecule has 0 aromatic heterocycles. The van der Waals surface area contributed by atoms with E-state index in [0.717, 1.165) is 29.7 Å². The lowest BCUT2D eigenvalue weighted by atomic mass is 9.92. The number of hydrogen-bond acceptors (Lipinski definition) is 23. The summed E-state index contributed by atoms with van der Waals surface area (Å²) in [6.45, 7) is -2.43. The number of hydrogen-bond donors (Lipinski definition) is 14. The van der Waals surface area contributed by atoms with Crippen LogP contribution in [0.25, 0.3) is 10.8 Å². The number of fused-ring (bicyclic) bond motifs is 2. The Morgan fingerprint density at radius 2 is 1.52 bits per heavy atom. The van der Waals surface area contributed by atoms with Crippen molar-refractivity contribution in [2.45, 2.75) is 139 Å². The summed E-state index contributed by atoms with van der Waals surface area (Å²) in [6, 6.07) is 15.6. The lowest BCUT2D eigenvalue weighted by Gasteiger charge is -2.47. The van der Waals surface area contributed by atoms with Gasteiger partial charge in [0, 0.05) is 85.4 Å². The van der Waals surface area contributed by atoms with Gasteiger partial charge in [0.2, 0.25) is 17.5 Å². The fourth-order valence-corrected chi connectivity index (χ4v) is 13.9. The number of carbonyl (C=O) groups is 2. The van der Waals surface area contributed by atoms with Crippen LogP contribution >= 0.6 is 11.8 Å². The van der Waals surface area contributed by atoms with Crippen LogP contribution in [0, 0.1) is 11.8 Å². The summed E-state index contributed by atoms with van der Waals surface area (Å²) in [4.78, 5) is 30.9. The molecule has 0 radical (unpaired) electrons. The van der Waals surface area contributed by atoms with Crippen LogP contribution in [0.2, 0.25) is 0 Å². The first kappa shape index (κ1) is 60.0. The summed E-state index contributed by atoms with van der Waals surface area (Å²) in [5, 5.41) is 126. The summed E-state index contributed by atoms with van der Waals surface area (Å²) in [5.41, 5.74) is 1.48. The van der Waals surface area contributed by atoms with Crippen LogP contribution in [0.4, 0.5) is 16.2 Å². The van der Waals surface area contributed by atoms with Gasteiger partial charge < -0.3 is 100 Å². The van der Waals surface area contributed by atoms with E-state index in [4.69, 9.17) is 23.7 Å².